The van der Waals surface area contributed by atoms with E-state index in [1.165, 1.54) is 28.1 Å². The van der Waals surface area contributed by atoms with E-state index in [0.717, 1.165) is 24.9 Å². The highest BCUT2D eigenvalue weighted by atomic mass is 32.1. The predicted molar refractivity (Wildman–Crippen MR) is 105 cm³/mol. The highest BCUT2D eigenvalue weighted by Gasteiger charge is 2.48. The lowest BCUT2D eigenvalue weighted by Crippen LogP contribution is -2.41. The summed E-state index contributed by atoms with van der Waals surface area (Å²) in [5, 5.41) is 2.10. The number of thiophene rings is 1. The summed E-state index contributed by atoms with van der Waals surface area (Å²) in [6, 6.07) is 18.9. The summed E-state index contributed by atoms with van der Waals surface area (Å²) >= 11 is 1.75. The molecule has 2 nitrogen and oxygen atoms in total. The fraction of sp³-hybridized carbons (Fsp3) is 0.261. The molecule has 2 heterocycles. The third-order valence-electron chi connectivity index (χ3n) is 5.77. The van der Waals surface area contributed by atoms with Gasteiger partial charge >= 0.3 is 0 Å². The molecule has 2 aromatic carbocycles. The van der Waals surface area contributed by atoms with E-state index in [9.17, 15) is 9.18 Å². The van der Waals surface area contributed by atoms with Crippen LogP contribution in [0.4, 0.5) is 4.39 Å². The van der Waals surface area contributed by atoms with Crippen molar-refractivity contribution in [2.75, 3.05) is 6.54 Å². The van der Waals surface area contributed by atoms with Gasteiger partial charge in [0.1, 0.15) is 5.82 Å². The van der Waals surface area contributed by atoms with Crippen LogP contribution >= 0.6 is 11.3 Å². The summed E-state index contributed by atoms with van der Waals surface area (Å²) in [5.74, 6) is 0.381. The molecule has 3 aromatic rings. The fourth-order valence-corrected chi connectivity index (χ4v) is 5.21. The van der Waals surface area contributed by atoms with E-state index in [4.69, 9.17) is 0 Å². The van der Waals surface area contributed by atoms with Crippen LogP contribution in [-0.2, 0) is 11.2 Å². The third-order valence-corrected chi connectivity index (χ3v) is 6.77. The molecule has 0 spiro atoms. The summed E-state index contributed by atoms with van der Waals surface area (Å²) in [6.07, 6.45) is 1.82. The van der Waals surface area contributed by atoms with Gasteiger partial charge in [-0.15, -0.1) is 11.3 Å². The molecule has 1 aliphatic heterocycles. The van der Waals surface area contributed by atoms with E-state index in [-0.39, 0.29) is 23.7 Å². The lowest BCUT2D eigenvalue weighted by Gasteiger charge is -2.36. The van der Waals surface area contributed by atoms with E-state index < -0.39 is 0 Å². The van der Waals surface area contributed by atoms with Gasteiger partial charge in [-0.2, -0.15) is 0 Å². The Morgan fingerprint density at radius 2 is 1.78 bits per heavy atom. The molecule has 2 aliphatic rings. The number of amides is 1. The smallest absolute Gasteiger partial charge is 0.227 e. The summed E-state index contributed by atoms with van der Waals surface area (Å²) in [6.45, 7) is 0.729. The van der Waals surface area contributed by atoms with E-state index in [1.54, 1.807) is 11.3 Å². The molecule has 3 atom stereocenters. The van der Waals surface area contributed by atoms with Crippen molar-refractivity contribution in [2.45, 2.75) is 24.8 Å². The largest absolute Gasteiger partial charge is 0.331 e. The molecule has 0 bridgehead atoms. The molecule has 0 saturated heterocycles. The van der Waals surface area contributed by atoms with Crippen LogP contribution in [0.1, 0.15) is 39.9 Å². The number of benzene rings is 2. The lowest BCUT2D eigenvalue weighted by molar-refractivity contribution is -0.134. The van der Waals surface area contributed by atoms with E-state index in [0.29, 0.717) is 5.92 Å². The Morgan fingerprint density at radius 1 is 1.00 bits per heavy atom. The number of hydrogen-bond acceptors (Lipinski definition) is 2. The maximum Gasteiger partial charge on any atom is 0.227 e. The van der Waals surface area contributed by atoms with Crippen LogP contribution in [0.25, 0.3) is 0 Å². The molecule has 1 amide bonds. The van der Waals surface area contributed by atoms with Crippen LogP contribution in [0.5, 0.6) is 0 Å². The minimum absolute atomic E-state index is 0.0653. The molecule has 0 unspecified atom stereocenters. The summed E-state index contributed by atoms with van der Waals surface area (Å²) < 4.78 is 13.4. The average molecular weight is 377 g/mol. The predicted octanol–water partition coefficient (Wildman–Crippen LogP) is 5.17. The summed E-state index contributed by atoms with van der Waals surface area (Å²) in [5.41, 5.74) is 3.44. The van der Waals surface area contributed by atoms with Crippen molar-refractivity contribution in [3.8, 4) is 0 Å². The van der Waals surface area contributed by atoms with Gasteiger partial charge in [-0.05, 0) is 59.0 Å². The molecule has 1 aromatic heterocycles. The Balaban J connectivity index is 1.46. The molecule has 5 rings (SSSR count). The van der Waals surface area contributed by atoms with Crippen molar-refractivity contribution in [1.29, 1.82) is 0 Å². The van der Waals surface area contributed by atoms with E-state index in [2.05, 4.69) is 23.6 Å². The molecule has 1 aliphatic carbocycles. The van der Waals surface area contributed by atoms with Gasteiger partial charge in [0.2, 0.25) is 5.91 Å². The second kappa shape index (κ2) is 6.61. The van der Waals surface area contributed by atoms with Gasteiger partial charge in [0.05, 0.1) is 6.04 Å². The molecule has 0 radical (unpaired) electrons. The Bertz CT molecular complexity index is 966. The first kappa shape index (κ1) is 16.7. The third kappa shape index (κ3) is 2.98. The van der Waals surface area contributed by atoms with Crippen molar-refractivity contribution in [3.05, 3.63) is 93.4 Å². The highest BCUT2D eigenvalue weighted by molar-refractivity contribution is 7.10. The highest BCUT2D eigenvalue weighted by Crippen LogP contribution is 2.50. The van der Waals surface area contributed by atoms with Gasteiger partial charge in [0.15, 0.2) is 0 Å². The quantitative estimate of drug-likeness (QED) is 0.617. The Kier molecular flexibility index (Phi) is 4.09. The molecule has 1 saturated carbocycles. The standard InChI is InChI=1S/C23H20FNOS/c24-17-8-6-16(7-9-17)22-18-11-13-27-21(18)10-12-25(22)23(26)20-14-19(20)15-4-2-1-3-5-15/h1-9,11,13,19-20,22H,10,12,14H2/t19-,20+,22+/m0/s1. The summed E-state index contributed by atoms with van der Waals surface area (Å²) in [7, 11) is 0. The van der Waals surface area contributed by atoms with Gasteiger partial charge in [-0.3, -0.25) is 4.79 Å². The Hall–Kier alpha value is -2.46. The number of nitrogens with zero attached hydrogens (tertiary/aromatic N) is 1. The van der Waals surface area contributed by atoms with Gasteiger partial charge in [0, 0.05) is 17.3 Å². The van der Waals surface area contributed by atoms with Crippen molar-refractivity contribution in [2.24, 2.45) is 5.92 Å². The maximum absolute atomic E-state index is 13.4. The van der Waals surface area contributed by atoms with Crippen LogP contribution in [0.3, 0.4) is 0 Å². The first-order valence-corrected chi connectivity index (χ1v) is 10.3. The van der Waals surface area contributed by atoms with Gasteiger partial charge in [-0.1, -0.05) is 42.5 Å². The number of carbonyl (C=O) groups is 1. The SMILES string of the molecule is O=C([C@@H]1C[C@H]1c1ccccc1)N1CCc2sccc2[C@H]1c1ccc(F)cc1. The topological polar surface area (TPSA) is 20.3 Å². The number of halogens is 1. The summed E-state index contributed by atoms with van der Waals surface area (Å²) in [4.78, 5) is 16.7. The molecule has 4 heteroatoms. The fourth-order valence-electron chi connectivity index (χ4n) is 4.31. The van der Waals surface area contributed by atoms with Crippen molar-refractivity contribution < 1.29 is 9.18 Å². The molecule has 136 valence electrons. The molecule has 1 fully saturated rings. The molecular formula is C23H20FNOS. The first-order valence-electron chi connectivity index (χ1n) is 9.39. The number of hydrogen-bond donors (Lipinski definition) is 0. The minimum Gasteiger partial charge on any atom is -0.331 e. The van der Waals surface area contributed by atoms with Crippen LogP contribution in [0.15, 0.2) is 66.0 Å². The number of fused-ring (bicyclic) bond motifs is 1. The van der Waals surface area contributed by atoms with Gasteiger partial charge < -0.3 is 4.90 Å². The van der Waals surface area contributed by atoms with Crippen molar-refractivity contribution >= 4 is 17.2 Å². The monoisotopic (exact) mass is 377 g/mol. The van der Waals surface area contributed by atoms with Gasteiger partial charge in [0.25, 0.3) is 0 Å². The van der Waals surface area contributed by atoms with Gasteiger partial charge in [-0.25, -0.2) is 4.39 Å². The minimum atomic E-state index is -0.246. The van der Waals surface area contributed by atoms with Crippen LogP contribution in [0, 0.1) is 11.7 Å². The van der Waals surface area contributed by atoms with E-state index >= 15 is 0 Å². The zero-order valence-corrected chi connectivity index (χ0v) is 15.7. The first-order chi connectivity index (χ1) is 13.2. The normalized spacial score (nSPS) is 23.7. The van der Waals surface area contributed by atoms with Crippen LogP contribution in [-0.4, -0.2) is 17.4 Å². The lowest BCUT2D eigenvalue weighted by atomic mass is 9.92. The molecule has 0 N–H and O–H groups in total. The second-order valence-corrected chi connectivity index (χ2v) is 8.39. The maximum atomic E-state index is 13.4. The Morgan fingerprint density at radius 3 is 2.56 bits per heavy atom. The number of rotatable bonds is 3. The molecule has 27 heavy (non-hydrogen) atoms. The number of carbonyl (C=O) groups excluding carboxylic acids is 1. The van der Waals surface area contributed by atoms with Crippen molar-refractivity contribution in [3.63, 3.8) is 0 Å². The Labute approximate surface area is 162 Å². The zero-order valence-electron chi connectivity index (χ0n) is 14.8. The van der Waals surface area contributed by atoms with Crippen LogP contribution < -0.4 is 0 Å². The zero-order chi connectivity index (χ0) is 18.4. The second-order valence-electron chi connectivity index (χ2n) is 7.39. The van der Waals surface area contributed by atoms with Crippen LogP contribution in [0.2, 0.25) is 0 Å². The van der Waals surface area contributed by atoms with Crippen molar-refractivity contribution in [1.82, 2.24) is 4.90 Å². The van der Waals surface area contributed by atoms with E-state index in [1.807, 2.05) is 35.2 Å². The molecular weight excluding hydrogens is 357 g/mol. The average Bonchev–Trinajstić information content (AvgIpc) is 3.37.